The molecule has 2 fully saturated rings. The van der Waals surface area contributed by atoms with Gasteiger partial charge in [-0.3, -0.25) is 9.59 Å². The molecular weight excluding hydrogens is 185 g/mol. The summed E-state index contributed by atoms with van der Waals surface area (Å²) < 4.78 is 13.5. The molecule has 0 bridgehead atoms. The average molecular weight is 199 g/mol. The molecule has 0 radical (unpaired) electrons. The van der Waals surface area contributed by atoms with Gasteiger partial charge in [-0.2, -0.15) is 0 Å². The van der Waals surface area contributed by atoms with Gasteiger partial charge in [-0.1, -0.05) is 0 Å². The monoisotopic (exact) mass is 199 g/mol. The molecule has 0 aromatic rings. The first-order valence-electron chi connectivity index (χ1n) is 5.05. The summed E-state index contributed by atoms with van der Waals surface area (Å²) in [5, 5.41) is 0. The fraction of sp³-hybridized carbons (Fsp3) is 0.800. The predicted molar refractivity (Wildman–Crippen MR) is 48.5 cm³/mol. The predicted octanol–water partition coefficient (Wildman–Crippen LogP) is 1.07. The number of rotatable bonds is 2. The van der Waals surface area contributed by atoms with E-state index in [1.54, 1.807) is 0 Å². The van der Waals surface area contributed by atoms with Crippen LogP contribution in [0.5, 0.6) is 0 Å². The smallest absolute Gasteiger partial charge is 0.260 e. The number of likely N-dealkylation sites (tertiary alicyclic amines) is 1. The zero-order valence-corrected chi connectivity index (χ0v) is 8.25. The van der Waals surface area contributed by atoms with Crippen molar-refractivity contribution in [1.29, 1.82) is 0 Å². The minimum atomic E-state index is -1.63. The maximum absolute atomic E-state index is 13.5. The van der Waals surface area contributed by atoms with Crippen LogP contribution in [-0.4, -0.2) is 34.8 Å². The standard InChI is InChI=1S/C10H14FNO2/c1-7(13)8-3-2-6-12(8)9(14)10(11)4-5-10/h8H,2-6H2,1H3/t8-/m1/s1. The molecule has 78 valence electrons. The first-order chi connectivity index (χ1) is 6.54. The highest BCUT2D eigenvalue weighted by atomic mass is 19.1. The van der Waals surface area contributed by atoms with Crippen LogP contribution in [-0.2, 0) is 9.59 Å². The van der Waals surface area contributed by atoms with Crippen molar-refractivity contribution in [2.45, 2.75) is 44.3 Å². The molecule has 0 aromatic heterocycles. The largest absolute Gasteiger partial charge is 0.330 e. The van der Waals surface area contributed by atoms with Crippen LogP contribution in [0.15, 0.2) is 0 Å². The van der Waals surface area contributed by atoms with Crippen LogP contribution in [0.4, 0.5) is 4.39 Å². The number of ketones is 1. The van der Waals surface area contributed by atoms with Gasteiger partial charge in [-0.25, -0.2) is 4.39 Å². The fourth-order valence-electron chi connectivity index (χ4n) is 2.01. The van der Waals surface area contributed by atoms with Crippen LogP contribution in [0, 0.1) is 0 Å². The van der Waals surface area contributed by atoms with Crippen molar-refractivity contribution in [3.05, 3.63) is 0 Å². The van der Waals surface area contributed by atoms with Gasteiger partial charge < -0.3 is 4.90 Å². The number of carbonyl (C=O) groups excluding carboxylic acids is 2. The molecule has 4 heteroatoms. The summed E-state index contributed by atoms with van der Waals surface area (Å²) in [5.41, 5.74) is -1.63. The Bertz CT molecular complexity index is 286. The molecule has 1 atom stereocenters. The third kappa shape index (κ3) is 1.42. The van der Waals surface area contributed by atoms with Crippen LogP contribution in [0.25, 0.3) is 0 Å². The van der Waals surface area contributed by atoms with Gasteiger partial charge in [-0.05, 0) is 32.6 Å². The summed E-state index contributed by atoms with van der Waals surface area (Å²) in [7, 11) is 0. The second-order valence-corrected chi connectivity index (χ2v) is 4.23. The maximum Gasteiger partial charge on any atom is 0.260 e. The number of alkyl halides is 1. The van der Waals surface area contributed by atoms with E-state index in [9.17, 15) is 14.0 Å². The van der Waals surface area contributed by atoms with Crippen LogP contribution in [0.3, 0.4) is 0 Å². The number of nitrogens with zero attached hydrogens (tertiary/aromatic N) is 1. The van der Waals surface area contributed by atoms with Gasteiger partial charge in [-0.15, -0.1) is 0 Å². The molecule has 2 aliphatic rings. The summed E-state index contributed by atoms with van der Waals surface area (Å²) in [6.45, 7) is 2.00. The van der Waals surface area contributed by atoms with Gasteiger partial charge in [0.25, 0.3) is 5.91 Å². The van der Waals surface area contributed by atoms with Crippen molar-refractivity contribution < 1.29 is 14.0 Å². The summed E-state index contributed by atoms with van der Waals surface area (Å²) >= 11 is 0. The first kappa shape index (κ1) is 9.62. The van der Waals surface area contributed by atoms with Crippen molar-refractivity contribution in [1.82, 2.24) is 4.90 Å². The van der Waals surface area contributed by atoms with Crippen LogP contribution < -0.4 is 0 Å². The van der Waals surface area contributed by atoms with Crippen molar-refractivity contribution >= 4 is 11.7 Å². The molecule has 2 rings (SSSR count). The lowest BCUT2D eigenvalue weighted by Crippen LogP contribution is -2.44. The third-order valence-corrected chi connectivity index (χ3v) is 3.06. The highest BCUT2D eigenvalue weighted by molar-refractivity contribution is 5.93. The van der Waals surface area contributed by atoms with Gasteiger partial charge in [0.05, 0.1) is 6.04 Å². The van der Waals surface area contributed by atoms with E-state index in [1.807, 2.05) is 0 Å². The lowest BCUT2D eigenvalue weighted by molar-refractivity contribution is -0.142. The highest BCUT2D eigenvalue weighted by Gasteiger charge is 2.54. The van der Waals surface area contributed by atoms with E-state index >= 15 is 0 Å². The van der Waals surface area contributed by atoms with E-state index < -0.39 is 11.6 Å². The summed E-state index contributed by atoms with van der Waals surface area (Å²) in [6, 6.07) is -0.365. The van der Waals surface area contributed by atoms with E-state index in [-0.39, 0.29) is 11.8 Å². The normalized spacial score (nSPS) is 29.0. The van der Waals surface area contributed by atoms with E-state index in [1.165, 1.54) is 11.8 Å². The molecule has 0 spiro atoms. The second kappa shape index (κ2) is 3.04. The fourth-order valence-corrected chi connectivity index (χ4v) is 2.01. The SMILES string of the molecule is CC(=O)[C@H]1CCCN1C(=O)C1(F)CC1. The molecule has 1 aliphatic carbocycles. The van der Waals surface area contributed by atoms with Gasteiger partial charge in [0, 0.05) is 6.54 Å². The van der Waals surface area contributed by atoms with E-state index in [4.69, 9.17) is 0 Å². The van der Waals surface area contributed by atoms with E-state index in [0.29, 0.717) is 25.8 Å². The topological polar surface area (TPSA) is 37.4 Å². The molecule has 1 aliphatic heterocycles. The third-order valence-electron chi connectivity index (χ3n) is 3.06. The summed E-state index contributed by atoms with van der Waals surface area (Å²) in [4.78, 5) is 24.3. The average Bonchev–Trinajstić information content (AvgIpc) is 2.69. The molecule has 3 nitrogen and oxygen atoms in total. The zero-order valence-electron chi connectivity index (χ0n) is 8.25. The number of Topliss-reactive ketones (excluding diaryl/α,β-unsaturated/α-hetero) is 1. The Kier molecular flexibility index (Phi) is 2.09. The van der Waals surface area contributed by atoms with Gasteiger partial charge in [0.15, 0.2) is 11.5 Å². The zero-order chi connectivity index (χ0) is 10.3. The van der Waals surface area contributed by atoms with E-state index in [2.05, 4.69) is 0 Å². The van der Waals surface area contributed by atoms with Crippen molar-refractivity contribution in [3.8, 4) is 0 Å². The number of amides is 1. The number of hydrogen-bond donors (Lipinski definition) is 0. The Morgan fingerprint density at radius 2 is 2.07 bits per heavy atom. The Morgan fingerprint density at radius 3 is 2.57 bits per heavy atom. The Morgan fingerprint density at radius 1 is 1.43 bits per heavy atom. The summed E-state index contributed by atoms with van der Waals surface area (Å²) in [5.74, 6) is -0.490. The van der Waals surface area contributed by atoms with Gasteiger partial charge >= 0.3 is 0 Å². The second-order valence-electron chi connectivity index (χ2n) is 4.23. The Balaban J connectivity index is 2.09. The van der Waals surface area contributed by atoms with Gasteiger partial charge in [0.1, 0.15) is 0 Å². The van der Waals surface area contributed by atoms with Crippen LogP contribution in [0.1, 0.15) is 32.6 Å². The molecule has 14 heavy (non-hydrogen) atoms. The molecule has 0 N–H and O–H groups in total. The van der Waals surface area contributed by atoms with E-state index in [0.717, 1.165) is 6.42 Å². The van der Waals surface area contributed by atoms with Crippen molar-refractivity contribution in [3.63, 3.8) is 0 Å². The van der Waals surface area contributed by atoms with Gasteiger partial charge in [0.2, 0.25) is 0 Å². The maximum atomic E-state index is 13.5. The molecule has 1 heterocycles. The Labute approximate surface area is 82.3 Å². The van der Waals surface area contributed by atoms with Crippen LogP contribution >= 0.6 is 0 Å². The van der Waals surface area contributed by atoms with Crippen molar-refractivity contribution in [2.75, 3.05) is 6.54 Å². The quantitative estimate of drug-likeness (QED) is 0.667. The molecule has 1 saturated carbocycles. The summed E-state index contributed by atoms with van der Waals surface area (Å²) in [6.07, 6.45) is 2.16. The molecule has 1 amide bonds. The minimum Gasteiger partial charge on any atom is -0.330 e. The lowest BCUT2D eigenvalue weighted by Gasteiger charge is -2.24. The van der Waals surface area contributed by atoms with Crippen LogP contribution in [0.2, 0.25) is 0 Å². The number of hydrogen-bond acceptors (Lipinski definition) is 2. The highest BCUT2D eigenvalue weighted by Crippen LogP contribution is 2.42. The number of carbonyl (C=O) groups is 2. The number of halogens is 1. The van der Waals surface area contributed by atoms with Crippen molar-refractivity contribution in [2.24, 2.45) is 0 Å². The lowest BCUT2D eigenvalue weighted by atomic mass is 10.1. The molecule has 0 unspecified atom stereocenters. The minimum absolute atomic E-state index is 0.0277. The molecular formula is C10H14FNO2. The molecule has 0 aromatic carbocycles. The Hall–Kier alpha value is -0.930. The molecule has 1 saturated heterocycles. The first-order valence-corrected chi connectivity index (χ1v) is 5.05.